The van der Waals surface area contributed by atoms with E-state index in [1.807, 2.05) is 30.3 Å². The Morgan fingerprint density at radius 3 is 2.52 bits per heavy atom. The summed E-state index contributed by atoms with van der Waals surface area (Å²) in [6.45, 7) is 0.332. The molecule has 21 heavy (non-hydrogen) atoms. The molecule has 0 bridgehead atoms. The lowest BCUT2D eigenvalue weighted by molar-refractivity contribution is 0.415. The van der Waals surface area contributed by atoms with Crippen LogP contribution in [0, 0.1) is 0 Å². The van der Waals surface area contributed by atoms with Crippen LogP contribution in [0.1, 0.15) is 5.56 Å². The summed E-state index contributed by atoms with van der Waals surface area (Å²) < 4.78 is 32.0. The van der Waals surface area contributed by atoms with Crippen molar-refractivity contribution in [2.24, 2.45) is 0 Å². The Kier molecular flexibility index (Phi) is 4.82. The summed E-state index contributed by atoms with van der Waals surface area (Å²) in [4.78, 5) is 0.140. The lowest BCUT2D eigenvalue weighted by Crippen LogP contribution is -2.26. The summed E-state index contributed by atoms with van der Waals surface area (Å²) in [6.07, 6.45) is 0.631. The van der Waals surface area contributed by atoms with Gasteiger partial charge in [-0.25, -0.2) is 13.1 Å². The predicted octanol–water partition coefficient (Wildman–Crippen LogP) is 1.80. The number of sulfonamides is 1. The topological polar surface area (TPSA) is 81.4 Å². The average molecular weight is 306 g/mol. The van der Waals surface area contributed by atoms with E-state index in [-0.39, 0.29) is 4.90 Å². The Bertz CT molecular complexity index is 700. The molecule has 0 fully saturated rings. The number of methoxy groups -OCH3 is 1. The average Bonchev–Trinajstić information content (AvgIpc) is 2.48. The molecule has 0 saturated carbocycles. The van der Waals surface area contributed by atoms with Gasteiger partial charge in [0.1, 0.15) is 5.75 Å². The molecule has 3 N–H and O–H groups in total. The largest absolute Gasteiger partial charge is 0.495 e. The van der Waals surface area contributed by atoms with E-state index in [0.717, 1.165) is 5.56 Å². The minimum Gasteiger partial charge on any atom is -0.495 e. The van der Waals surface area contributed by atoms with Crippen LogP contribution in [0.4, 0.5) is 5.69 Å². The van der Waals surface area contributed by atoms with Gasteiger partial charge < -0.3 is 10.5 Å². The summed E-state index contributed by atoms with van der Waals surface area (Å²) in [6, 6.07) is 14.1. The standard InChI is InChI=1S/C15H18N2O3S/c1-20-15-11-13(7-8-14(15)16)21(18,19)17-10-9-12-5-3-2-4-6-12/h2-8,11,17H,9-10,16H2,1H3. The Hall–Kier alpha value is -2.05. The minimum absolute atomic E-state index is 0.140. The fraction of sp³-hybridized carbons (Fsp3) is 0.200. The molecular weight excluding hydrogens is 288 g/mol. The van der Waals surface area contributed by atoms with Gasteiger partial charge in [-0.3, -0.25) is 0 Å². The van der Waals surface area contributed by atoms with Crippen LogP contribution in [-0.2, 0) is 16.4 Å². The molecule has 0 aromatic heterocycles. The van der Waals surface area contributed by atoms with Crippen LogP contribution in [0.5, 0.6) is 5.75 Å². The Labute approximate surface area is 124 Å². The fourth-order valence-corrected chi connectivity index (χ4v) is 2.96. The van der Waals surface area contributed by atoms with Gasteiger partial charge in [0.25, 0.3) is 0 Å². The number of anilines is 1. The van der Waals surface area contributed by atoms with Crippen molar-refractivity contribution in [1.82, 2.24) is 4.72 Å². The third kappa shape index (κ3) is 3.96. The van der Waals surface area contributed by atoms with Crippen molar-refractivity contribution in [3.63, 3.8) is 0 Å². The maximum Gasteiger partial charge on any atom is 0.240 e. The summed E-state index contributed by atoms with van der Waals surface area (Å²) in [5.41, 5.74) is 7.16. The van der Waals surface area contributed by atoms with Crippen molar-refractivity contribution in [1.29, 1.82) is 0 Å². The van der Waals surface area contributed by atoms with Crippen molar-refractivity contribution in [2.45, 2.75) is 11.3 Å². The van der Waals surface area contributed by atoms with Gasteiger partial charge in [0.2, 0.25) is 10.0 Å². The van der Waals surface area contributed by atoms with Crippen LogP contribution in [0.3, 0.4) is 0 Å². The minimum atomic E-state index is -3.57. The second-order valence-electron chi connectivity index (χ2n) is 4.54. The molecule has 0 amide bonds. The zero-order valence-corrected chi connectivity index (χ0v) is 12.6. The maximum atomic E-state index is 12.2. The third-order valence-corrected chi connectivity index (χ3v) is 4.52. The van der Waals surface area contributed by atoms with E-state index in [1.165, 1.54) is 25.3 Å². The third-order valence-electron chi connectivity index (χ3n) is 3.06. The highest BCUT2D eigenvalue weighted by Gasteiger charge is 2.15. The molecule has 2 aromatic rings. The van der Waals surface area contributed by atoms with E-state index in [1.54, 1.807) is 0 Å². The number of nitrogen functional groups attached to an aromatic ring is 1. The lowest BCUT2D eigenvalue weighted by Gasteiger charge is -2.09. The van der Waals surface area contributed by atoms with Crippen molar-refractivity contribution in [3.8, 4) is 5.75 Å². The van der Waals surface area contributed by atoms with Crippen molar-refractivity contribution < 1.29 is 13.2 Å². The molecule has 0 aliphatic rings. The molecule has 5 nitrogen and oxygen atoms in total. The highest BCUT2D eigenvalue weighted by molar-refractivity contribution is 7.89. The van der Waals surface area contributed by atoms with Gasteiger partial charge >= 0.3 is 0 Å². The summed E-state index contributed by atoms with van der Waals surface area (Å²) in [5.74, 6) is 0.348. The molecule has 0 heterocycles. The van der Waals surface area contributed by atoms with Crippen molar-refractivity contribution in [2.75, 3.05) is 19.4 Å². The van der Waals surface area contributed by atoms with Crippen LogP contribution in [0.2, 0.25) is 0 Å². The normalized spacial score (nSPS) is 11.3. The molecular formula is C15H18N2O3S. The molecule has 6 heteroatoms. The fourth-order valence-electron chi connectivity index (χ4n) is 1.92. The van der Waals surface area contributed by atoms with Crippen LogP contribution >= 0.6 is 0 Å². The van der Waals surface area contributed by atoms with Gasteiger partial charge in [-0.1, -0.05) is 30.3 Å². The van der Waals surface area contributed by atoms with E-state index in [0.29, 0.717) is 24.4 Å². The van der Waals surface area contributed by atoms with E-state index in [2.05, 4.69) is 4.72 Å². The van der Waals surface area contributed by atoms with Crippen LogP contribution in [0.15, 0.2) is 53.4 Å². The Morgan fingerprint density at radius 1 is 1.14 bits per heavy atom. The number of benzene rings is 2. The number of ether oxygens (including phenoxy) is 1. The molecule has 0 aliphatic heterocycles. The number of nitrogens with two attached hydrogens (primary N) is 1. The van der Waals surface area contributed by atoms with E-state index >= 15 is 0 Å². The first-order valence-electron chi connectivity index (χ1n) is 6.50. The van der Waals surface area contributed by atoms with Crippen LogP contribution in [0.25, 0.3) is 0 Å². The van der Waals surface area contributed by atoms with Gasteiger partial charge in [-0.15, -0.1) is 0 Å². The predicted molar refractivity (Wildman–Crippen MR) is 82.7 cm³/mol. The zero-order valence-electron chi connectivity index (χ0n) is 11.7. The second-order valence-corrected chi connectivity index (χ2v) is 6.30. The lowest BCUT2D eigenvalue weighted by atomic mass is 10.2. The van der Waals surface area contributed by atoms with Crippen molar-refractivity contribution >= 4 is 15.7 Å². The summed E-state index contributed by atoms with van der Waals surface area (Å²) in [7, 11) is -2.12. The second kappa shape index (κ2) is 6.60. The van der Waals surface area contributed by atoms with Gasteiger partial charge in [-0.05, 0) is 24.1 Å². The highest BCUT2D eigenvalue weighted by atomic mass is 32.2. The van der Waals surface area contributed by atoms with E-state index in [4.69, 9.17) is 10.5 Å². The number of hydrogen-bond acceptors (Lipinski definition) is 4. The first kappa shape index (κ1) is 15.3. The van der Waals surface area contributed by atoms with Crippen molar-refractivity contribution in [3.05, 3.63) is 54.1 Å². The van der Waals surface area contributed by atoms with Gasteiger partial charge in [-0.2, -0.15) is 0 Å². The van der Waals surface area contributed by atoms with E-state index < -0.39 is 10.0 Å². The van der Waals surface area contributed by atoms with Gasteiger partial charge in [0.05, 0.1) is 17.7 Å². The smallest absolute Gasteiger partial charge is 0.240 e. The van der Waals surface area contributed by atoms with Crippen LogP contribution in [-0.4, -0.2) is 22.1 Å². The Balaban J connectivity index is 2.05. The molecule has 2 aromatic carbocycles. The van der Waals surface area contributed by atoms with Crippen LogP contribution < -0.4 is 15.2 Å². The number of rotatable bonds is 6. The SMILES string of the molecule is COc1cc(S(=O)(=O)NCCc2ccccc2)ccc1N. The number of nitrogens with one attached hydrogen (secondary N) is 1. The molecule has 0 atom stereocenters. The first-order valence-corrected chi connectivity index (χ1v) is 7.98. The molecule has 0 unspecified atom stereocenters. The highest BCUT2D eigenvalue weighted by Crippen LogP contribution is 2.24. The zero-order chi connectivity index (χ0) is 15.3. The molecule has 2 rings (SSSR count). The van der Waals surface area contributed by atoms with Gasteiger partial charge in [0, 0.05) is 12.6 Å². The monoisotopic (exact) mass is 306 g/mol. The number of hydrogen-bond donors (Lipinski definition) is 2. The molecule has 0 spiro atoms. The quantitative estimate of drug-likeness (QED) is 0.797. The summed E-state index contributed by atoms with van der Waals surface area (Å²) in [5, 5.41) is 0. The Morgan fingerprint density at radius 2 is 1.86 bits per heavy atom. The molecule has 112 valence electrons. The molecule has 0 aliphatic carbocycles. The van der Waals surface area contributed by atoms with E-state index in [9.17, 15) is 8.42 Å². The molecule has 0 radical (unpaired) electrons. The molecule has 0 saturated heterocycles. The first-order chi connectivity index (χ1) is 10.0. The van der Waals surface area contributed by atoms with Gasteiger partial charge in [0.15, 0.2) is 0 Å². The maximum absolute atomic E-state index is 12.2. The summed E-state index contributed by atoms with van der Waals surface area (Å²) >= 11 is 0.